The van der Waals surface area contributed by atoms with Crippen LogP contribution in [-0.4, -0.2) is 6.61 Å². The van der Waals surface area contributed by atoms with Crippen LogP contribution in [0.25, 0.3) is 6.08 Å². The van der Waals surface area contributed by atoms with Gasteiger partial charge < -0.3 is 0 Å². The quantitative estimate of drug-likeness (QED) is 0.572. The van der Waals surface area contributed by atoms with E-state index in [1.165, 1.54) is 6.08 Å². The molecule has 0 aromatic heterocycles. The number of hydrogen-bond acceptors (Lipinski definition) is 3. The molecule has 0 bridgehead atoms. The Bertz CT molecular complexity index is 274. The van der Waals surface area contributed by atoms with Crippen molar-refractivity contribution in [2.45, 2.75) is 0 Å². The van der Waals surface area contributed by atoms with Gasteiger partial charge in [-0.15, -0.1) is 4.99 Å². The second-order valence-electron chi connectivity index (χ2n) is 2.36. The molecule has 13 heavy (non-hydrogen) atoms. The maximum absolute atomic E-state index is 12.9. The highest BCUT2D eigenvalue weighted by Crippen LogP contribution is 2.07. The van der Waals surface area contributed by atoms with E-state index in [2.05, 4.69) is 15.8 Å². The number of benzene rings is 1. The van der Waals surface area contributed by atoms with E-state index in [9.17, 15) is 4.39 Å². The van der Waals surface area contributed by atoms with Gasteiger partial charge in [-0.25, -0.2) is 9.28 Å². The number of halogens is 1. The minimum Gasteiger partial charge on any atom is -0.211 e. The van der Waals surface area contributed by atoms with Crippen LogP contribution >= 0.6 is 0 Å². The average molecular weight is 183 g/mol. The molecule has 1 aromatic rings. The first-order valence-corrected chi connectivity index (χ1v) is 3.72. The third-order valence-corrected chi connectivity index (χ3v) is 1.39. The van der Waals surface area contributed by atoms with Crippen molar-refractivity contribution in [3.63, 3.8) is 0 Å². The summed E-state index contributed by atoms with van der Waals surface area (Å²) in [6.07, 6.45) is 1.35. The van der Waals surface area contributed by atoms with Crippen LogP contribution in [0.2, 0.25) is 0 Å². The first kappa shape index (κ1) is 9.85. The zero-order chi connectivity index (χ0) is 9.52. The van der Waals surface area contributed by atoms with Gasteiger partial charge in [0.25, 0.3) is 0 Å². The topological polar surface area (TPSA) is 44.5 Å². The molecule has 1 rings (SSSR count). The smallest absolute Gasteiger partial charge is 0.136 e. The Morgan fingerprint density at radius 2 is 2.08 bits per heavy atom. The minimum absolute atomic E-state index is 0.286. The van der Waals surface area contributed by atoms with Crippen molar-refractivity contribution in [3.05, 3.63) is 41.7 Å². The molecule has 0 radical (unpaired) electrons. The third kappa shape index (κ3) is 3.80. The predicted molar refractivity (Wildman–Crippen MR) is 46.8 cm³/mol. The Kier molecular flexibility index (Phi) is 4.11. The SMILES string of the molecule is NOOCC(F)=Cc1ccccc1. The van der Waals surface area contributed by atoms with Gasteiger partial charge in [-0.2, -0.15) is 5.90 Å². The average Bonchev–Trinajstić information content (AvgIpc) is 2.16. The summed E-state index contributed by atoms with van der Waals surface area (Å²) in [5.74, 6) is 4.11. The van der Waals surface area contributed by atoms with Gasteiger partial charge in [0.1, 0.15) is 12.4 Å². The lowest BCUT2D eigenvalue weighted by Crippen LogP contribution is -2.02. The van der Waals surface area contributed by atoms with Crippen LogP contribution in [0.4, 0.5) is 4.39 Å². The lowest BCUT2D eigenvalue weighted by atomic mass is 10.2. The van der Waals surface area contributed by atoms with Crippen LogP contribution in [-0.2, 0) is 9.88 Å². The Balaban J connectivity index is 2.55. The third-order valence-electron chi connectivity index (χ3n) is 1.39. The van der Waals surface area contributed by atoms with E-state index in [0.717, 1.165) is 5.56 Å². The molecule has 0 unspecified atom stereocenters. The molecule has 0 aliphatic rings. The summed E-state index contributed by atoms with van der Waals surface area (Å²) < 4.78 is 12.9. The maximum atomic E-state index is 12.9. The lowest BCUT2D eigenvalue weighted by molar-refractivity contribution is -0.294. The van der Waals surface area contributed by atoms with Crippen molar-refractivity contribution in [1.29, 1.82) is 0 Å². The zero-order valence-electron chi connectivity index (χ0n) is 6.94. The monoisotopic (exact) mass is 183 g/mol. The van der Waals surface area contributed by atoms with Crippen LogP contribution in [0.15, 0.2) is 36.2 Å². The number of hydrogen-bond donors (Lipinski definition) is 1. The molecule has 3 nitrogen and oxygen atoms in total. The van der Waals surface area contributed by atoms with Crippen molar-refractivity contribution < 1.29 is 14.3 Å². The Morgan fingerprint density at radius 1 is 1.38 bits per heavy atom. The largest absolute Gasteiger partial charge is 0.211 e. The summed E-state index contributed by atoms with van der Waals surface area (Å²) in [6.45, 7) is -0.286. The van der Waals surface area contributed by atoms with E-state index in [1.54, 1.807) is 12.1 Å². The molecule has 0 fully saturated rings. The van der Waals surface area contributed by atoms with Gasteiger partial charge in [0.15, 0.2) is 0 Å². The van der Waals surface area contributed by atoms with Crippen molar-refractivity contribution in [3.8, 4) is 0 Å². The highest BCUT2D eigenvalue weighted by molar-refractivity contribution is 5.50. The molecule has 1 aromatic carbocycles. The van der Waals surface area contributed by atoms with Gasteiger partial charge in [0, 0.05) is 0 Å². The van der Waals surface area contributed by atoms with Gasteiger partial charge in [-0.05, 0) is 11.6 Å². The van der Waals surface area contributed by atoms with E-state index in [-0.39, 0.29) is 6.61 Å². The fraction of sp³-hybridized carbons (Fsp3) is 0.111. The molecule has 0 aliphatic heterocycles. The van der Waals surface area contributed by atoms with Gasteiger partial charge in [-0.3, -0.25) is 0 Å². The van der Waals surface area contributed by atoms with Gasteiger partial charge in [0.2, 0.25) is 0 Å². The Labute approximate surface area is 75.5 Å². The first-order valence-electron chi connectivity index (χ1n) is 3.72. The molecule has 70 valence electrons. The Hall–Kier alpha value is -1.23. The van der Waals surface area contributed by atoms with E-state index in [0.29, 0.717) is 0 Å². The summed E-state index contributed by atoms with van der Waals surface area (Å²) in [4.78, 5) is 7.97. The Morgan fingerprint density at radius 3 is 2.69 bits per heavy atom. The molecular weight excluding hydrogens is 173 g/mol. The molecule has 0 atom stereocenters. The van der Waals surface area contributed by atoms with E-state index < -0.39 is 5.83 Å². The summed E-state index contributed by atoms with van der Waals surface area (Å²) >= 11 is 0. The lowest BCUT2D eigenvalue weighted by Gasteiger charge is -1.96. The second kappa shape index (κ2) is 5.42. The maximum Gasteiger partial charge on any atom is 0.136 e. The number of rotatable bonds is 4. The van der Waals surface area contributed by atoms with Crippen LogP contribution in [0.3, 0.4) is 0 Å². The van der Waals surface area contributed by atoms with Crippen molar-refractivity contribution in [2.75, 3.05) is 6.61 Å². The minimum atomic E-state index is -0.448. The van der Waals surface area contributed by atoms with Crippen LogP contribution < -0.4 is 5.90 Å². The zero-order valence-corrected chi connectivity index (χ0v) is 6.94. The number of nitrogens with two attached hydrogens (primary N) is 1. The normalized spacial score (nSPS) is 11.7. The van der Waals surface area contributed by atoms with E-state index >= 15 is 0 Å². The molecule has 0 heterocycles. The van der Waals surface area contributed by atoms with E-state index in [1.807, 2.05) is 18.2 Å². The molecule has 2 N–H and O–H groups in total. The van der Waals surface area contributed by atoms with Crippen LogP contribution in [0.5, 0.6) is 0 Å². The molecule has 0 saturated carbocycles. The molecule has 0 saturated heterocycles. The summed E-state index contributed by atoms with van der Waals surface area (Å²) in [5, 5.41) is 0. The highest BCUT2D eigenvalue weighted by Gasteiger charge is 1.95. The van der Waals surface area contributed by atoms with Gasteiger partial charge in [-0.1, -0.05) is 30.3 Å². The fourth-order valence-corrected chi connectivity index (χ4v) is 0.862. The second-order valence-corrected chi connectivity index (χ2v) is 2.36. The van der Waals surface area contributed by atoms with Crippen molar-refractivity contribution in [2.24, 2.45) is 5.90 Å². The molecule has 4 heteroatoms. The van der Waals surface area contributed by atoms with Crippen LogP contribution in [0.1, 0.15) is 5.56 Å². The first-order chi connectivity index (χ1) is 6.33. The van der Waals surface area contributed by atoms with Crippen molar-refractivity contribution in [1.82, 2.24) is 0 Å². The van der Waals surface area contributed by atoms with Crippen molar-refractivity contribution >= 4 is 6.08 Å². The standard InChI is InChI=1S/C9H10FNO2/c10-9(7-12-13-11)6-8-4-2-1-3-5-8/h1-6H,7,11H2. The molecule has 0 spiro atoms. The molecule has 0 amide bonds. The molecular formula is C9H10FNO2. The van der Waals surface area contributed by atoms with Crippen LogP contribution in [0, 0.1) is 0 Å². The highest BCUT2D eigenvalue weighted by atomic mass is 19.1. The fourth-order valence-electron chi connectivity index (χ4n) is 0.862. The van der Waals surface area contributed by atoms with Gasteiger partial charge >= 0.3 is 0 Å². The van der Waals surface area contributed by atoms with E-state index in [4.69, 9.17) is 0 Å². The van der Waals surface area contributed by atoms with Gasteiger partial charge in [0.05, 0.1) is 0 Å². The predicted octanol–water partition coefficient (Wildman–Crippen LogP) is 1.82. The summed E-state index contributed by atoms with van der Waals surface area (Å²) in [5.41, 5.74) is 0.764. The molecule has 0 aliphatic carbocycles. The summed E-state index contributed by atoms with van der Waals surface area (Å²) in [7, 11) is 0. The summed E-state index contributed by atoms with van der Waals surface area (Å²) in [6, 6.07) is 9.05.